The standard InChI is InChI=1S/C17H18N2O4/c1-9-4-16(21)18-13-5-10(2-3-11(9)13)17(22)19-6-15(20)12-7-23-8-14(12)19/h2-5,12,14-15,20H,6-8H2,1H3,(H,18,21)/t12-,14+,15-/m1/s1. The van der Waals surface area contributed by atoms with Crippen molar-refractivity contribution >= 4 is 16.8 Å². The van der Waals surface area contributed by atoms with E-state index >= 15 is 0 Å². The van der Waals surface area contributed by atoms with Gasteiger partial charge < -0.3 is 19.7 Å². The van der Waals surface area contributed by atoms with Gasteiger partial charge in [-0.15, -0.1) is 0 Å². The molecule has 2 aliphatic heterocycles. The molecule has 1 amide bonds. The number of benzene rings is 1. The van der Waals surface area contributed by atoms with Crippen LogP contribution in [-0.2, 0) is 4.74 Å². The van der Waals surface area contributed by atoms with E-state index in [9.17, 15) is 14.7 Å². The van der Waals surface area contributed by atoms with Crippen LogP contribution in [0.5, 0.6) is 0 Å². The van der Waals surface area contributed by atoms with Gasteiger partial charge in [0.05, 0.1) is 25.4 Å². The number of aryl methyl sites for hydroxylation is 1. The molecule has 2 saturated heterocycles. The number of ether oxygens (including phenoxy) is 1. The summed E-state index contributed by atoms with van der Waals surface area (Å²) in [6.45, 7) is 3.17. The molecule has 2 aliphatic rings. The maximum atomic E-state index is 12.8. The number of carbonyl (C=O) groups is 1. The summed E-state index contributed by atoms with van der Waals surface area (Å²) in [5.41, 5.74) is 1.86. The fraction of sp³-hybridized carbons (Fsp3) is 0.412. The third-order valence-corrected chi connectivity index (χ3v) is 4.93. The van der Waals surface area contributed by atoms with Crippen molar-refractivity contribution in [2.75, 3.05) is 19.8 Å². The average molecular weight is 314 g/mol. The number of aliphatic hydroxyl groups is 1. The van der Waals surface area contributed by atoms with Gasteiger partial charge in [-0.3, -0.25) is 9.59 Å². The number of hydrogen-bond donors (Lipinski definition) is 2. The van der Waals surface area contributed by atoms with Crippen molar-refractivity contribution in [2.45, 2.75) is 19.1 Å². The van der Waals surface area contributed by atoms with Crippen molar-refractivity contribution in [2.24, 2.45) is 5.92 Å². The number of aromatic amines is 1. The van der Waals surface area contributed by atoms with E-state index in [0.717, 1.165) is 10.9 Å². The van der Waals surface area contributed by atoms with Crippen molar-refractivity contribution in [3.63, 3.8) is 0 Å². The van der Waals surface area contributed by atoms with Crippen LogP contribution in [0.2, 0.25) is 0 Å². The predicted octanol–water partition coefficient (Wildman–Crippen LogP) is 0.668. The molecule has 0 saturated carbocycles. The number of rotatable bonds is 1. The molecule has 0 bridgehead atoms. The average Bonchev–Trinajstić information content (AvgIpc) is 3.10. The number of likely N-dealkylation sites (tertiary alicyclic amines) is 1. The number of H-pyrrole nitrogens is 1. The van der Waals surface area contributed by atoms with E-state index in [0.29, 0.717) is 30.8 Å². The van der Waals surface area contributed by atoms with Gasteiger partial charge in [-0.1, -0.05) is 6.07 Å². The molecule has 1 aromatic heterocycles. The van der Waals surface area contributed by atoms with Gasteiger partial charge in [0.25, 0.3) is 5.91 Å². The van der Waals surface area contributed by atoms with Gasteiger partial charge in [0.2, 0.25) is 5.56 Å². The van der Waals surface area contributed by atoms with Crippen molar-refractivity contribution < 1.29 is 14.6 Å². The molecule has 0 spiro atoms. The van der Waals surface area contributed by atoms with E-state index in [-0.39, 0.29) is 23.4 Å². The Hall–Kier alpha value is -2.18. The second-order valence-corrected chi connectivity index (χ2v) is 6.37. The number of amides is 1. The lowest BCUT2D eigenvalue weighted by molar-refractivity contribution is 0.0627. The van der Waals surface area contributed by atoms with Gasteiger partial charge in [0, 0.05) is 35.0 Å². The number of carbonyl (C=O) groups excluding carboxylic acids is 1. The summed E-state index contributed by atoms with van der Waals surface area (Å²) in [6, 6.07) is 6.81. The maximum absolute atomic E-state index is 12.8. The number of nitrogens with zero attached hydrogens (tertiary/aromatic N) is 1. The van der Waals surface area contributed by atoms with E-state index in [1.54, 1.807) is 23.1 Å². The Bertz CT molecular complexity index is 844. The van der Waals surface area contributed by atoms with Crippen LogP contribution >= 0.6 is 0 Å². The third-order valence-electron chi connectivity index (χ3n) is 4.93. The van der Waals surface area contributed by atoms with Crippen molar-refractivity contribution in [1.29, 1.82) is 0 Å². The summed E-state index contributed by atoms with van der Waals surface area (Å²) >= 11 is 0. The van der Waals surface area contributed by atoms with Crippen LogP contribution in [0.3, 0.4) is 0 Å². The first kappa shape index (κ1) is 14.4. The second-order valence-electron chi connectivity index (χ2n) is 6.37. The lowest BCUT2D eigenvalue weighted by Crippen LogP contribution is -2.38. The zero-order valence-electron chi connectivity index (χ0n) is 12.8. The van der Waals surface area contributed by atoms with Crippen LogP contribution in [0.15, 0.2) is 29.1 Å². The molecule has 6 nitrogen and oxygen atoms in total. The number of aromatic nitrogens is 1. The van der Waals surface area contributed by atoms with E-state index in [2.05, 4.69) is 4.98 Å². The molecule has 1 aromatic carbocycles. The first-order chi connectivity index (χ1) is 11.0. The fourth-order valence-corrected chi connectivity index (χ4v) is 3.69. The minimum Gasteiger partial charge on any atom is -0.391 e. The quantitative estimate of drug-likeness (QED) is 0.810. The van der Waals surface area contributed by atoms with Gasteiger partial charge >= 0.3 is 0 Å². The lowest BCUT2D eigenvalue weighted by atomic mass is 10.0. The zero-order chi connectivity index (χ0) is 16.1. The topological polar surface area (TPSA) is 82.6 Å². The van der Waals surface area contributed by atoms with Gasteiger partial charge in [0.1, 0.15) is 0 Å². The second kappa shape index (κ2) is 5.18. The smallest absolute Gasteiger partial charge is 0.254 e. The molecule has 2 fully saturated rings. The van der Waals surface area contributed by atoms with Crippen LogP contribution < -0.4 is 5.56 Å². The highest BCUT2D eigenvalue weighted by atomic mass is 16.5. The maximum Gasteiger partial charge on any atom is 0.254 e. The van der Waals surface area contributed by atoms with E-state index < -0.39 is 6.10 Å². The van der Waals surface area contributed by atoms with Crippen LogP contribution in [0.1, 0.15) is 15.9 Å². The monoisotopic (exact) mass is 314 g/mol. The fourth-order valence-electron chi connectivity index (χ4n) is 3.69. The molecule has 23 heavy (non-hydrogen) atoms. The van der Waals surface area contributed by atoms with Crippen molar-refractivity contribution in [1.82, 2.24) is 9.88 Å². The number of nitrogens with one attached hydrogen (secondary N) is 1. The summed E-state index contributed by atoms with van der Waals surface area (Å²) in [5, 5.41) is 11.0. The molecule has 0 aliphatic carbocycles. The van der Waals surface area contributed by atoms with Crippen molar-refractivity contribution in [3.05, 3.63) is 45.7 Å². The van der Waals surface area contributed by atoms with E-state index in [1.165, 1.54) is 0 Å². The van der Waals surface area contributed by atoms with Crippen molar-refractivity contribution in [3.8, 4) is 0 Å². The first-order valence-electron chi connectivity index (χ1n) is 7.75. The number of β-amino-alcohol motifs (C(OH)–C–C–N with tert-alkyl or cyclic N) is 1. The number of aliphatic hydroxyl groups excluding tert-OH is 1. The Morgan fingerprint density at radius 3 is 3.00 bits per heavy atom. The number of fused-ring (bicyclic) bond motifs is 2. The Morgan fingerprint density at radius 2 is 2.17 bits per heavy atom. The highest BCUT2D eigenvalue weighted by molar-refractivity contribution is 5.98. The largest absolute Gasteiger partial charge is 0.391 e. The van der Waals surface area contributed by atoms with Crippen LogP contribution in [0, 0.1) is 12.8 Å². The Labute approximate surface area is 132 Å². The molecular weight excluding hydrogens is 296 g/mol. The van der Waals surface area contributed by atoms with Gasteiger partial charge in [-0.25, -0.2) is 0 Å². The molecule has 0 radical (unpaired) electrons. The highest BCUT2D eigenvalue weighted by Gasteiger charge is 2.46. The molecular formula is C17H18N2O4. The highest BCUT2D eigenvalue weighted by Crippen LogP contribution is 2.31. The molecule has 120 valence electrons. The Balaban J connectivity index is 1.71. The number of pyridine rings is 1. The summed E-state index contributed by atoms with van der Waals surface area (Å²) in [6.07, 6.45) is -0.533. The van der Waals surface area contributed by atoms with E-state index in [1.807, 2.05) is 13.0 Å². The summed E-state index contributed by atoms with van der Waals surface area (Å²) in [4.78, 5) is 28.9. The normalized spacial score (nSPS) is 26.7. The Kier molecular flexibility index (Phi) is 3.25. The van der Waals surface area contributed by atoms with Crippen LogP contribution in [0.4, 0.5) is 0 Å². The minimum atomic E-state index is -0.533. The SMILES string of the molecule is Cc1cc(=O)[nH]c2cc(C(=O)N3C[C@@H](O)[C@@H]4COC[C@@H]43)ccc12. The minimum absolute atomic E-state index is 0.00135. The Morgan fingerprint density at radius 1 is 1.35 bits per heavy atom. The molecule has 4 rings (SSSR count). The molecule has 3 heterocycles. The molecule has 0 unspecified atom stereocenters. The van der Waals surface area contributed by atoms with Gasteiger partial charge in [0.15, 0.2) is 0 Å². The molecule has 3 atom stereocenters. The molecule has 6 heteroatoms. The summed E-state index contributed by atoms with van der Waals surface area (Å²) < 4.78 is 5.40. The number of hydrogen-bond acceptors (Lipinski definition) is 4. The van der Waals surface area contributed by atoms with Crippen LogP contribution in [0.25, 0.3) is 10.9 Å². The lowest BCUT2D eigenvalue weighted by Gasteiger charge is -2.22. The first-order valence-corrected chi connectivity index (χ1v) is 7.75. The summed E-state index contributed by atoms with van der Waals surface area (Å²) in [5.74, 6) is -0.132. The molecule has 2 aromatic rings. The van der Waals surface area contributed by atoms with Gasteiger partial charge in [-0.05, 0) is 24.6 Å². The van der Waals surface area contributed by atoms with Crippen LogP contribution in [-0.4, -0.2) is 52.8 Å². The molecule has 2 N–H and O–H groups in total. The zero-order valence-corrected chi connectivity index (χ0v) is 12.8. The summed E-state index contributed by atoms with van der Waals surface area (Å²) in [7, 11) is 0. The van der Waals surface area contributed by atoms with E-state index in [4.69, 9.17) is 4.74 Å². The third kappa shape index (κ3) is 2.26. The predicted molar refractivity (Wildman–Crippen MR) is 84.4 cm³/mol. The van der Waals surface area contributed by atoms with Gasteiger partial charge in [-0.2, -0.15) is 0 Å².